The molecule has 0 unspecified atom stereocenters. The van der Waals surface area contributed by atoms with Crippen LogP contribution in [0.4, 0.5) is 5.82 Å². The summed E-state index contributed by atoms with van der Waals surface area (Å²) in [6, 6.07) is 5.81. The molecular weight excluding hydrogens is 268 g/mol. The van der Waals surface area contributed by atoms with Crippen LogP contribution >= 0.6 is 0 Å². The minimum atomic E-state index is -0.186. The van der Waals surface area contributed by atoms with Gasteiger partial charge in [-0.25, -0.2) is 4.98 Å². The van der Waals surface area contributed by atoms with Crippen LogP contribution in [-0.4, -0.2) is 54.4 Å². The van der Waals surface area contributed by atoms with Gasteiger partial charge < -0.3 is 15.1 Å². The first-order valence-electron chi connectivity index (χ1n) is 7.41. The minimum Gasteiger partial charge on any atom is -0.356 e. The zero-order chi connectivity index (χ0) is 15.1. The van der Waals surface area contributed by atoms with Crippen LogP contribution in [0, 0.1) is 0 Å². The van der Waals surface area contributed by atoms with Crippen LogP contribution in [0.1, 0.15) is 19.8 Å². The highest BCUT2D eigenvalue weighted by Crippen LogP contribution is 2.12. The molecule has 0 aliphatic carbocycles. The van der Waals surface area contributed by atoms with Crippen molar-refractivity contribution >= 4 is 17.6 Å². The van der Waals surface area contributed by atoms with Crippen molar-refractivity contribution in [3.05, 3.63) is 24.4 Å². The first kappa shape index (κ1) is 15.3. The fourth-order valence-electron chi connectivity index (χ4n) is 2.30. The third-order valence-corrected chi connectivity index (χ3v) is 3.49. The van der Waals surface area contributed by atoms with Crippen LogP contribution in [0.15, 0.2) is 24.4 Å². The van der Waals surface area contributed by atoms with Gasteiger partial charge in [0.2, 0.25) is 11.8 Å². The number of pyridine rings is 1. The van der Waals surface area contributed by atoms with Gasteiger partial charge in [0.05, 0.1) is 0 Å². The van der Waals surface area contributed by atoms with Crippen molar-refractivity contribution in [1.29, 1.82) is 0 Å². The number of amides is 2. The second-order valence-corrected chi connectivity index (χ2v) is 5.08. The summed E-state index contributed by atoms with van der Waals surface area (Å²) in [7, 11) is 0. The van der Waals surface area contributed by atoms with E-state index in [0.717, 1.165) is 25.3 Å². The lowest BCUT2D eigenvalue weighted by Gasteiger charge is -2.35. The Balaban J connectivity index is 1.78. The highest BCUT2D eigenvalue weighted by molar-refractivity contribution is 5.96. The third kappa shape index (κ3) is 4.44. The number of rotatable bonds is 5. The highest BCUT2D eigenvalue weighted by Gasteiger charge is 2.23. The van der Waals surface area contributed by atoms with Crippen LogP contribution in [0.2, 0.25) is 0 Å². The SMILES string of the molecule is CCCNC(=O)CC(=O)N1CCN(c2ccccn2)CC1. The molecule has 1 saturated heterocycles. The molecule has 1 aliphatic heterocycles. The smallest absolute Gasteiger partial charge is 0.232 e. The molecule has 1 aliphatic rings. The van der Waals surface area contributed by atoms with E-state index in [1.807, 2.05) is 25.1 Å². The van der Waals surface area contributed by atoms with Gasteiger partial charge >= 0.3 is 0 Å². The number of carbonyl (C=O) groups is 2. The van der Waals surface area contributed by atoms with Crippen molar-refractivity contribution in [2.24, 2.45) is 0 Å². The van der Waals surface area contributed by atoms with E-state index >= 15 is 0 Å². The molecule has 0 bridgehead atoms. The molecular formula is C15H22N4O2. The Morgan fingerprint density at radius 3 is 2.62 bits per heavy atom. The standard InChI is InChI=1S/C15H22N4O2/c1-2-6-17-14(20)12-15(21)19-10-8-18(9-11-19)13-5-3-4-7-16-13/h3-5,7H,2,6,8-12H2,1H3,(H,17,20). The van der Waals surface area contributed by atoms with Crippen molar-refractivity contribution in [2.45, 2.75) is 19.8 Å². The van der Waals surface area contributed by atoms with Crippen molar-refractivity contribution in [3.8, 4) is 0 Å². The lowest BCUT2D eigenvalue weighted by atomic mass is 10.2. The number of anilines is 1. The number of nitrogens with zero attached hydrogens (tertiary/aromatic N) is 3. The number of piperazine rings is 1. The Bertz CT molecular complexity index is 470. The Hall–Kier alpha value is -2.11. The zero-order valence-corrected chi connectivity index (χ0v) is 12.4. The molecule has 1 aromatic heterocycles. The number of hydrogen-bond donors (Lipinski definition) is 1. The lowest BCUT2D eigenvalue weighted by molar-refractivity contribution is -0.136. The van der Waals surface area contributed by atoms with Gasteiger partial charge in [0.15, 0.2) is 0 Å². The lowest BCUT2D eigenvalue weighted by Crippen LogP contribution is -2.49. The molecule has 2 rings (SSSR count). The second kappa shape index (κ2) is 7.61. The molecule has 0 atom stereocenters. The molecule has 0 spiro atoms. The van der Waals surface area contributed by atoms with Gasteiger partial charge in [-0.3, -0.25) is 9.59 Å². The van der Waals surface area contributed by atoms with Gasteiger partial charge in [-0.15, -0.1) is 0 Å². The molecule has 6 nitrogen and oxygen atoms in total. The third-order valence-electron chi connectivity index (χ3n) is 3.49. The van der Waals surface area contributed by atoms with Crippen LogP contribution in [0.25, 0.3) is 0 Å². The van der Waals surface area contributed by atoms with Crippen LogP contribution < -0.4 is 10.2 Å². The molecule has 21 heavy (non-hydrogen) atoms. The van der Waals surface area contributed by atoms with Gasteiger partial charge in [-0.05, 0) is 18.6 Å². The van der Waals surface area contributed by atoms with Crippen molar-refractivity contribution in [1.82, 2.24) is 15.2 Å². The molecule has 6 heteroatoms. The molecule has 2 heterocycles. The number of nitrogens with one attached hydrogen (secondary N) is 1. The summed E-state index contributed by atoms with van der Waals surface area (Å²) in [6.07, 6.45) is 2.59. The van der Waals surface area contributed by atoms with Gasteiger partial charge in [0.1, 0.15) is 12.2 Å². The average molecular weight is 290 g/mol. The first-order chi connectivity index (χ1) is 10.2. The van der Waals surface area contributed by atoms with E-state index in [1.54, 1.807) is 11.1 Å². The average Bonchev–Trinajstić information content (AvgIpc) is 2.54. The van der Waals surface area contributed by atoms with Crippen LogP contribution in [-0.2, 0) is 9.59 Å². The van der Waals surface area contributed by atoms with Crippen molar-refractivity contribution in [3.63, 3.8) is 0 Å². The highest BCUT2D eigenvalue weighted by atomic mass is 16.2. The van der Waals surface area contributed by atoms with Crippen LogP contribution in [0.5, 0.6) is 0 Å². The summed E-state index contributed by atoms with van der Waals surface area (Å²) < 4.78 is 0. The predicted octanol–water partition coefficient (Wildman–Crippen LogP) is 0.646. The summed E-state index contributed by atoms with van der Waals surface area (Å²) in [5.41, 5.74) is 0. The number of carbonyl (C=O) groups excluding carboxylic acids is 2. The van der Waals surface area contributed by atoms with E-state index in [0.29, 0.717) is 19.6 Å². The number of aromatic nitrogens is 1. The van der Waals surface area contributed by atoms with Gasteiger partial charge in [-0.2, -0.15) is 0 Å². The molecule has 1 N–H and O–H groups in total. The monoisotopic (exact) mass is 290 g/mol. The molecule has 0 aromatic carbocycles. The Morgan fingerprint density at radius 1 is 1.24 bits per heavy atom. The summed E-state index contributed by atoms with van der Waals surface area (Å²) in [5.74, 6) is 0.656. The fraction of sp³-hybridized carbons (Fsp3) is 0.533. The largest absolute Gasteiger partial charge is 0.356 e. The van der Waals surface area contributed by atoms with Crippen molar-refractivity contribution < 1.29 is 9.59 Å². The summed E-state index contributed by atoms with van der Waals surface area (Å²) in [4.78, 5) is 31.8. The van der Waals surface area contributed by atoms with E-state index in [4.69, 9.17) is 0 Å². The van der Waals surface area contributed by atoms with Crippen molar-refractivity contribution in [2.75, 3.05) is 37.6 Å². The predicted molar refractivity (Wildman–Crippen MR) is 80.9 cm³/mol. The van der Waals surface area contributed by atoms with Crippen LogP contribution in [0.3, 0.4) is 0 Å². The zero-order valence-electron chi connectivity index (χ0n) is 12.4. The topological polar surface area (TPSA) is 65.5 Å². The Kier molecular flexibility index (Phi) is 5.54. The summed E-state index contributed by atoms with van der Waals surface area (Å²) in [6.45, 7) is 5.38. The fourth-order valence-corrected chi connectivity index (χ4v) is 2.30. The van der Waals surface area contributed by atoms with E-state index in [2.05, 4.69) is 15.2 Å². The van der Waals surface area contributed by atoms with E-state index in [9.17, 15) is 9.59 Å². The maximum Gasteiger partial charge on any atom is 0.232 e. The molecule has 114 valence electrons. The summed E-state index contributed by atoms with van der Waals surface area (Å²) >= 11 is 0. The normalized spacial score (nSPS) is 14.9. The Labute approximate surface area is 125 Å². The van der Waals surface area contributed by atoms with E-state index in [1.165, 1.54) is 0 Å². The van der Waals surface area contributed by atoms with E-state index < -0.39 is 0 Å². The van der Waals surface area contributed by atoms with Gasteiger partial charge in [-0.1, -0.05) is 13.0 Å². The molecule has 1 fully saturated rings. The molecule has 2 amide bonds. The minimum absolute atomic E-state index is 0.0520. The maximum absolute atomic E-state index is 12.0. The van der Waals surface area contributed by atoms with Gasteiger partial charge in [0, 0.05) is 38.9 Å². The molecule has 1 aromatic rings. The molecule has 0 radical (unpaired) electrons. The van der Waals surface area contributed by atoms with E-state index in [-0.39, 0.29) is 18.2 Å². The molecule has 0 saturated carbocycles. The second-order valence-electron chi connectivity index (χ2n) is 5.08. The maximum atomic E-state index is 12.0. The summed E-state index contributed by atoms with van der Waals surface area (Å²) in [5, 5.41) is 2.73. The first-order valence-corrected chi connectivity index (χ1v) is 7.41. The quantitative estimate of drug-likeness (QED) is 0.809. The Morgan fingerprint density at radius 2 is 2.00 bits per heavy atom. The van der Waals surface area contributed by atoms with Gasteiger partial charge in [0.25, 0.3) is 0 Å². The number of hydrogen-bond acceptors (Lipinski definition) is 4.